The second-order valence-electron chi connectivity index (χ2n) is 21.6. The fraction of sp³-hybridized carbons (Fsp3) is 0.107. The number of halogens is 3. The first-order chi connectivity index (χ1) is 53.2. The first kappa shape index (κ1) is 62.7. The predicted molar refractivity (Wildman–Crippen MR) is 396 cm³/mol. The summed E-state index contributed by atoms with van der Waals surface area (Å²) in [6.07, 6.45) is 8.08. The van der Waals surface area contributed by atoms with Crippen LogP contribution in [0.5, 0.6) is 0 Å². The minimum atomic E-state index is -5.84. The third-order valence-corrected chi connectivity index (χ3v) is 15.3. The van der Waals surface area contributed by atoms with Crippen molar-refractivity contribution in [1.29, 1.82) is 0 Å². The molecule has 9 aromatic carbocycles. The minimum Gasteiger partial charge on any atom is -0.501 e. The molecule has 18 heteroatoms. The number of hydrogen-bond acceptors (Lipinski definition) is 11. The van der Waals surface area contributed by atoms with Crippen molar-refractivity contribution in [2.24, 2.45) is 0 Å². The minimum absolute atomic E-state index is 0. The maximum Gasteiger partial charge on any atom is 0.522 e. The predicted octanol–water partition coefficient (Wildman–Crippen LogP) is 20.5. The Hall–Kier alpha value is -10.2. The van der Waals surface area contributed by atoms with E-state index in [0.29, 0.717) is 16.8 Å². The summed E-state index contributed by atoms with van der Waals surface area (Å²) in [5.41, 5.74) is 9.30. The smallest absolute Gasteiger partial charge is 0.501 e. The zero-order valence-electron chi connectivity index (χ0n) is 66.7. The van der Waals surface area contributed by atoms with Crippen molar-refractivity contribution in [1.82, 2.24) is 24.9 Å². The molecule has 0 saturated carbocycles. The summed E-state index contributed by atoms with van der Waals surface area (Å²) in [7, 11) is -3.84. The summed E-state index contributed by atoms with van der Waals surface area (Å²) in [6, 6.07) is 84.9. The topological polar surface area (TPSA) is 186 Å². The van der Waals surface area contributed by atoms with Crippen LogP contribution >= 0.6 is 0 Å². The molecule has 0 aliphatic carbocycles. The summed E-state index contributed by atoms with van der Waals surface area (Å²) in [6.45, 7) is -4.55. The Bertz CT molecular complexity index is 5560. The van der Waals surface area contributed by atoms with Crippen molar-refractivity contribution in [2.45, 2.75) is 46.8 Å². The van der Waals surface area contributed by atoms with Crippen LogP contribution in [0, 0.1) is 65.5 Å². The van der Waals surface area contributed by atoms with Gasteiger partial charge < -0.3 is 39.0 Å². The van der Waals surface area contributed by atoms with Crippen molar-refractivity contribution in [3.8, 4) is 56.3 Å². The van der Waals surface area contributed by atoms with E-state index in [1.807, 2.05) is 98.9 Å². The van der Waals surface area contributed by atoms with Gasteiger partial charge in [0.1, 0.15) is 16.7 Å². The Morgan fingerprint density at radius 1 is 0.402 bits per heavy atom. The van der Waals surface area contributed by atoms with Crippen molar-refractivity contribution < 1.29 is 102 Å². The van der Waals surface area contributed by atoms with Gasteiger partial charge in [-0.05, 0) is 130 Å². The fourth-order valence-corrected chi connectivity index (χ4v) is 9.90. The van der Waals surface area contributed by atoms with Gasteiger partial charge in [0.05, 0.1) is 11.3 Å². The molecule has 16 rings (SSSR count). The molecule has 16 aromatic rings. The number of aliphatic hydroxyl groups excluding tert-OH is 2. The van der Waals surface area contributed by atoms with Crippen LogP contribution in [0.25, 0.3) is 122 Å². The molecule has 7 aromatic heterocycles. The van der Waals surface area contributed by atoms with E-state index in [0.717, 1.165) is 114 Å². The normalized spacial score (nSPS) is 12.8. The van der Waals surface area contributed by atoms with Gasteiger partial charge in [-0.15, -0.1) is 124 Å². The van der Waals surface area contributed by atoms with Crippen molar-refractivity contribution in [2.75, 3.05) is 14.2 Å². The molecule has 102 heavy (non-hydrogen) atoms. The Balaban J connectivity index is 0.000000191. The molecule has 0 atom stereocenters. The maximum absolute atomic E-state index is 10.7. The van der Waals surface area contributed by atoms with Gasteiger partial charge in [-0.3, -0.25) is 9.54 Å². The maximum atomic E-state index is 10.7. The number of aryl methyl sites for hydroxylation is 6. The number of aliphatic hydroxyl groups is 2. The number of furan rings is 2. The Morgan fingerprint density at radius 2 is 0.794 bits per heavy atom. The Labute approximate surface area is 635 Å². The van der Waals surface area contributed by atoms with Crippen molar-refractivity contribution in [3.63, 3.8) is 0 Å². The van der Waals surface area contributed by atoms with E-state index in [-0.39, 0.29) is 56.9 Å². The zero-order chi connectivity index (χ0) is 81.3. The number of hydrogen-bond donors (Lipinski definition) is 3. The second kappa shape index (κ2) is 37.4. The van der Waals surface area contributed by atoms with E-state index in [4.69, 9.17) is 48.5 Å². The quantitative estimate of drug-likeness (QED) is 0.0843. The van der Waals surface area contributed by atoms with Crippen molar-refractivity contribution >= 4 is 75.5 Å². The number of benzene rings is 9. The molecule has 0 spiro atoms. The molecule has 12 nitrogen and oxygen atoms in total. The number of nitrogens with zero attached hydrogens (tertiary/aromatic N) is 5. The van der Waals surface area contributed by atoms with Crippen LogP contribution in [0.4, 0.5) is 13.2 Å². The van der Waals surface area contributed by atoms with Crippen LogP contribution in [-0.4, -0.2) is 67.8 Å². The number of para-hydroxylation sites is 1. The molecule has 2 radical (unpaired) electrons. The monoisotopic (exact) mass is 1750 g/mol. The van der Waals surface area contributed by atoms with Gasteiger partial charge in [0.15, 0.2) is 0 Å². The summed E-state index contributed by atoms with van der Waals surface area (Å²) in [5.74, 6) is 0. The molecule has 3 N–H and O–H groups in total. The molecule has 522 valence electrons. The molecule has 0 saturated heterocycles. The second-order valence-corrected chi connectivity index (χ2v) is 23.0. The summed E-state index contributed by atoms with van der Waals surface area (Å²) in [5, 5.41) is 23.3. The SMILES string of the molecule is CO.CO.O=S(=O)(O)C(F)(F)F.[2H]C([2H])([2H])c1c[c-]c(-c2ccc(C([2H])([2H])[2H])cn2)cc1.[2H]C([2H])([2H])c1c[c-]c(-c2ccc(C)cn2)cc1.[2H]C([2H])([2H])c1ccc(-c2[c-]cc(C)cc2)nc1.[Ir].[Ir].[c-]1ccc2c(oc3cc4ccccc4cc32)c1-c1ccccn1.c1ccc(-c2cccc3c2oc2cc4ccccc4cc23)nc1. The molecule has 0 aliphatic rings. The molecule has 7 heterocycles. The van der Waals surface area contributed by atoms with Gasteiger partial charge in [0.25, 0.3) is 0 Å². The van der Waals surface area contributed by atoms with E-state index in [1.165, 1.54) is 58.2 Å². The fourth-order valence-electron chi connectivity index (χ4n) is 9.90. The molecular weight excluding hydrogens is 1660 g/mol. The summed E-state index contributed by atoms with van der Waals surface area (Å²) in [4.78, 5) is 21.4. The molecule has 0 fully saturated rings. The van der Waals surface area contributed by atoms with Gasteiger partial charge in [0.2, 0.25) is 0 Å². The number of alkyl halides is 3. The molecule has 0 aliphatic heterocycles. The van der Waals surface area contributed by atoms with Crippen LogP contribution in [0.15, 0.2) is 270 Å². The van der Waals surface area contributed by atoms with E-state index >= 15 is 0 Å². The number of aromatic nitrogens is 5. The molecule has 0 amide bonds. The van der Waals surface area contributed by atoms with Crippen LogP contribution < -0.4 is 0 Å². The standard InChI is InChI=1S/C21H13NO.C21H12NO.3C13H12N.CHF3O3S.2CH4O.2Ir/c2*1-2-7-15-13-20-18(12-14(15)6-1)16-8-5-9-17(21(16)23-20)19-10-3-4-11-22-19;3*1-10-3-6-12(7-4-10)13-8-5-11(2)9-14-13;2-1(3,4)8(5,6)7;2*1-2;;/h1-13H;1-8,10-13H;3*3-6,8-9H,1-2H3;(H,5,6,7);2*2H,1H3;;/q;4*-1;;;;;/i;;1D3,2D3;2D3;1D3;;;;;. The molecular formula is C84H70F3Ir2N5O7S-4. The van der Waals surface area contributed by atoms with E-state index in [1.54, 1.807) is 48.8 Å². The van der Waals surface area contributed by atoms with Crippen LogP contribution in [0.1, 0.15) is 49.8 Å². The largest absolute Gasteiger partial charge is 0.522 e. The zero-order valence-corrected chi connectivity index (χ0v) is 60.4. The third kappa shape index (κ3) is 20.7. The van der Waals surface area contributed by atoms with E-state index in [2.05, 4.69) is 140 Å². The van der Waals surface area contributed by atoms with Crippen LogP contribution in [0.3, 0.4) is 0 Å². The van der Waals surface area contributed by atoms with Crippen molar-refractivity contribution in [3.05, 3.63) is 319 Å². The summed E-state index contributed by atoms with van der Waals surface area (Å²) >= 11 is 0. The Kier molecular flexibility index (Phi) is 23.0. The van der Waals surface area contributed by atoms with Crippen LogP contribution in [0.2, 0.25) is 0 Å². The van der Waals surface area contributed by atoms with E-state index in [9.17, 15) is 13.2 Å². The van der Waals surface area contributed by atoms with Gasteiger partial charge in [-0.2, -0.15) is 21.6 Å². The van der Waals surface area contributed by atoms with Gasteiger partial charge >= 0.3 is 15.6 Å². The Morgan fingerprint density at radius 3 is 1.19 bits per heavy atom. The van der Waals surface area contributed by atoms with Gasteiger partial charge in [0, 0.05) is 124 Å². The van der Waals surface area contributed by atoms with E-state index < -0.39 is 43.0 Å². The first-order valence-corrected chi connectivity index (χ1v) is 31.9. The number of rotatable bonds is 5. The average Bonchev–Trinajstić information content (AvgIpc) is 1.61. The average molecular weight is 1750 g/mol. The van der Waals surface area contributed by atoms with Gasteiger partial charge in [-0.25, -0.2) is 0 Å². The van der Waals surface area contributed by atoms with Crippen LogP contribution in [-0.2, 0) is 50.3 Å². The van der Waals surface area contributed by atoms with Gasteiger partial charge in [-0.1, -0.05) is 147 Å². The first-order valence-electron chi connectivity index (χ1n) is 36.4. The third-order valence-electron chi connectivity index (χ3n) is 14.7. The number of pyridine rings is 5. The number of fused-ring (bicyclic) bond motifs is 8. The molecule has 0 unspecified atom stereocenters. The molecule has 0 bridgehead atoms. The summed E-state index contributed by atoms with van der Waals surface area (Å²) < 4.78 is 157.